The Morgan fingerprint density at radius 1 is 1.00 bits per heavy atom. The number of benzene rings is 1. The zero-order valence-corrected chi connectivity index (χ0v) is 13.7. The predicted molar refractivity (Wildman–Crippen MR) is 87.5 cm³/mol. The van der Waals surface area contributed by atoms with Gasteiger partial charge in [-0.15, -0.1) is 0 Å². The maximum atomic E-state index is 5.50. The van der Waals surface area contributed by atoms with Crippen molar-refractivity contribution in [2.24, 2.45) is 0 Å². The first-order valence-corrected chi connectivity index (χ1v) is 8.08. The highest BCUT2D eigenvalue weighted by molar-refractivity contribution is 5.64. The molecule has 5 heteroatoms. The number of methoxy groups -OCH3 is 3. The molecule has 1 N–H and O–H groups in total. The molecule has 2 aliphatic rings. The molecule has 3 rings (SSSR count). The van der Waals surface area contributed by atoms with E-state index in [1.807, 2.05) is 0 Å². The quantitative estimate of drug-likeness (QED) is 0.925. The summed E-state index contributed by atoms with van der Waals surface area (Å²) in [7, 11) is 4.98. The third kappa shape index (κ3) is 2.70. The first kappa shape index (κ1) is 15.3. The van der Waals surface area contributed by atoms with Crippen molar-refractivity contribution in [2.45, 2.75) is 37.8 Å². The molecule has 122 valence electrons. The van der Waals surface area contributed by atoms with E-state index in [2.05, 4.69) is 22.3 Å². The molecular weight excluding hydrogens is 280 g/mol. The van der Waals surface area contributed by atoms with Crippen molar-refractivity contribution in [2.75, 3.05) is 39.3 Å². The standard InChI is InChI=1S/C17H26N2O3/c1-20-15-10-12(11-16(21-2)17(15)22-3)19-9-8-18-13-6-4-5-7-14(13)19/h10-11,13-14,18H,4-9H2,1-3H3/t13-,14-/m0/s1. The molecule has 0 aromatic heterocycles. The SMILES string of the molecule is COc1cc(N2CCN[C@H]3CCCC[C@@H]32)cc(OC)c1OC. The summed E-state index contributed by atoms with van der Waals surface area (Å²) in [6, 6.07) is 5.29. The zero-order valence-electron chi connectivity index (χ0n) is 13.7. The third-order valence-corrected chi connectivity index (χ3v) is 4.87. The largest absolute Gasteiger partial charge is 0.493 e. The van der Waals surface area contributed by atoms with E-state index < -0.39 is 0 Å². The van der Waals surface area contributed by atoms with Crippen molar-refractivity contribution in [3.63, 3.8) is 0 Å². The molecule has 1 saturated heterocycles. The number of nitrogens with zero attached hydrogens (tertiary/aromatic N) is 1. The molecule has 2 fully saturated rings. The topological polar surface area (TPSA) is 43.0 Å². The minimum atomic E-state index is 0.560. The normalized spacial score (nSPS) is 24.6. The van der Waals surface area contributed by atoms with E-state index in [4.69, 9.17) is 14.2 Å². The summed E-state index contributed by atoms with van der Waals surface area (Å²) in [6.45, 7) is 2.04. The van der Waals surface area contributed by atoms with Crippen molar-refractivity contribution >= 4 is 5.69 Å². The number of anilines is 1. The highest BCUT2D eigenvalue weighted by atomic mass is 16.5. The Kier molecular flexibility index (Phi) is 4.62. The number of piperazine rings is 1. The maximum absolute atomic E-state index is 5.50. The second-order valence-electron chi connectivity index (χ2n) is 5.99. The molecule has 0 unspecified atom stereocenters. The van der Waals surface area contributed by atoms with Gasteiger partial charge in [0.1, 0.15) is 0 Å². The Hall–Kier alpha value is -1.62. The molecule has 1 aromatic rings. The summed E-state index contributed by atoms with van der Waals surface area (Å²) in [5.41, 5.74) is 1.16. The Balaban J connectivity index is 1.96. The number of nitrogens with one attached hydrogen (secondary N) is 1. The van der Waals surface area contributed by atoms with Crippen LogP contribution < -0.4 is 24.4 Å². The van der Waals surface area contributed by atoms with Crippen LogP contribution in [0.3, 0.4) is 0 Å². The van der Waals surface area contributed by atoms with E-state index in [9.17, 15) is 0 Å². The van der Waals surface area contributed by atoms with Gasteiger partial charge in [-0.25, -0.2) is 0 Å². The average molecular weight is 306 g/mol. The zero-order chi connectivity index (χ0) is 15.5. The van der Waals surface area contributed by atoms with E-state index in [-0.39, 0.29) is 0 Å². The second-order valence-corrected chi connectivity index (χ2v) is 5.99. The van der Waals surface area contributed by atoms with Crippen LogP contribution in [0, 0.1) is 0 Å². The molecule has 1 aliphatic carbocycles. The lowest BCUT2D eigenvalue weighted by atomic mass is 9.87. The number of rotatable bonds is 4. The summed E-state index contributed by atoms with van der Waals surface area (Å²) in [5.74, 6) is 2.11. The fraction of sp³-hybridized carbons (Fsp3) is 0.647. The molecular formula is C17H26N2O3. The van der Waals surface area contributed by atoms with Gasteiger partial charge in [-0.1, -0.05) is 12.8 Å². The lowest BCUT2D eigenvalue weighted by molar-refractivity contribution is 0.283. The van der Waals surface area contributed by atoms with Crippen molar-refractivity contribution in [1.29, 1.82) is 0 Å². The van der Waals surface area contributed by atoms with Gasteiger partial charge in [-0.05, 0) is 12.8 Å². The smallest absolute Gasteiger partial charge is 0.203 e. The van der Waals surface area contributed by atoms with Crippen LogP contribution in [0.4, 0.5) is 5.69 Å². The van der Waals surface area contributed by atoms with Crippen LogP contribution in [-0.4, -0.2) is 46.5 Å². The summed E-state index contributed by atoms with van der Waals surface area (Å²) < 4.78 is 16.4. The van der Waals surface area contributed by atoms with Crippen molar-refractivity contribution in [3.05, 3.63) is 12.1 Å². The highest BCUT2D eigenvalue weighted by Crippen LogP contribution is 2.42. The van der Waals surface area contributed by atoms with Crippen molar-refractivity contribution in [1.82, 2.24) is 5.32 Å². The van der Waals surface area contributed by atoms with Gasteiger partial charge in [-0.2, -0.15) is 0 Å². The molecule has 1 saturated carbocycles. The molecule has 2 atom stereocenters. The van der Waals surface area contributed by atoms with Gasteiger partial charge in [0.25, 0.3) is 0 Å². The van der Waals surface area contributed by atoms with Gasteiger partial charge in [0, 0.05) is 43.0 Å². The van der Waals surface area contributed by atoms with Crippen molar-refractivity contribution < 1.29 is 14.2 Å². The van der Waals surface area contributed by atoms with Crippen LogP contribution in [0.2, 0.25) is 0 Å². The van der Waals surface area contributed by atoms with Crippen LogP contribution in [0.1, 0.15) is 25.7 Å². The minimum Gasteiger partial charge on any atom is -0.493 e. The Morgan fingerprint density at radius 3 is 2.32 bits per heavy atom. The molecule has 1 heterocycles. The van der Waals surface area contributed by atoms with E-state index in [1.165, 1.54) is 25.7 Å². The minimum absolute atomic E-state index is 0.560. The van der Waals surface area contributed by atoms with Gasteiger partial charge in [-0.3, -0.25) is 0 Å². The van der Waals surface area contributed by atoms with Crippen LogP contribution in [0.25, 0.3) is 0 Å². The van der Waals surface area contributed by atoms with Gasteiger partial charge in [0.05, 0.1) is 21.3 Å². The van der Waals surface area contributed by atoms with E-state index in [0.717, 1.165) is 30.3 Å². The lowest BCUT2D eigenvalue weighted by Gasteiger charge is -2.46. The van der Waals surface area contributed by atoms with E-state index in [0.29, 0.717) is 17.8 Å². The first-order chi connectivity index (χ1) is 10.8. The van der Waals surface area contributed by atoms with Crippen LogP contribution in [0.5, 0.6) is 17.2 Å². The Morgan fingerprint density at radius 2 is 1.68 bits per heavy atom. The van der Waals surface area contributed by atoms with E-state index in [1.54, 1.807) is 21.3 Å². The van der Waals surface area contributed by atoms with Crippen LogP contribution in [0.15, 0.2) is 12.1 Å². The fourth-order valence-corrected chi connectivity index (χ4v) is 3.81. The summed E-state index contributed by atoms with van der Waals surface area (Å²) in [4.78, 5) is 2.50. The fourth-order valence-electron chi connectivity index (χ4n) is 3.81. The molecule has 22 heavy (non-hydrogen) atoms. The summed E-state index contributed by atoms with van der Waals surface area (Å²) in [6.07, 6.45) is 5.15. The third-order valence-electron chi connectivity index (χ3n) is 4.87. The van der Waals surface area contributed by atoms with Gasteiger partial charge in [0.2, 0.25) is 5.75 Å². The number of hydrogen-bond donors (Lipinski definition) is 1. The highest BCUT2D eigenvalue weighted by Gasteiger charge is 2.33. The Bertz CT molecular complexity index is 494. The number of fused-ring (bicyclic) bond motifs is 1. The molecule has 1 aromatic carbocycles. The molecule has 0 bridgehead atoms. The monoisotopic (exact) mass is 306 g/mol. The summed E-state index contributed by atoms with van der Waals surface area (Å²) >= 11 is 0. The average Bonchev–Trinajstić information content (AvgIpc) is 2.59. The first-order valence-electron chi connectivity index (χ1n) is 8.08. The molecule has 1 aliphatic heterocycles. The number of ether oxygens (including phenoxy) is 3. The number of hydrogen-bond acceptors (Lipinski definition) is 5. The van der Waals surface area contributed by atoms with Gasteiger partial charge >= 0.3 is 0 Å². The van der Waals surface area contributed by atoms with Gasteiger partial charge < -0.3 is 24.4 Å². The molecule has 5 nitrogen and oxygen atoms in total. The van der Waals surface area contributed by atoms with Crippen molar-refractivity contribution in [3.8, 4) is 17.2 Å². The lowest BCUT2D eigenvalue weighted by Crippen LogP contribution is -2.59. The Labute approximate surface area is 132 Å². The summed E-state index contributed by atoms with van der Waals surface area (Å²) in [5, 5.41) is 3.67. The second kappa shape index (κ2) is 6.65. The predicted octanol–water partition coefficient (Wildman–Crippen LogP) is 2.43. The molecule has 0 amide bonds. The maximum Gasteiger partial charge on any atom is 0.203 e. The van der Waals surface area contributed by atoms with E-state index >= 15 is 0 Å². The molecule has 0 spiro atoms. The van der Waals surface area contributed by atoms with Crippen LogP contribution in [-0.2, 0) is 0 Å². The van der Waals surface area contributed by atoms with Gasteiger partial charge in [0.15, 0.2) is 11.5 Å². The molecule has 0 radical (unpaired) electrons. The van der Waals surface area contributed by atoms with Crippen LogP contribution >= 0.6 is 0 Å².